The Kier molecular flexibility index (Phi) is 6.92. The maximum atomic E-state index is 12.9. The zero-order valence-corrected chi connectivity index (χ0v) is 18.2. The summed E-state index contributed by atoms with van der Waals surface area (Å²) in [5.74, 6) is 0.0110. The Morgan fingerprint density at radius 1 is 1.03 bits per heavy atom. The fourth-order valence-corrected chi connectivity index (χ4v) is 3.48. The van der Waals surface area contributed by atoms with Crippen LogP contribution in [0.2, 0.25) is 0 Å². The maximum Gasteiger partial charge on any atom is 0.387 e. The summed E-state index contributed by atoms with van der Waals surface area (Å²) in [5, 5.41) is 2.69. The largest absolute Gasteiger partial charge is 0.483 e. The van der Waals surface area contributed by atoms with Crippen LogP contribution in [0, 0.1) is 20.8 Å². The van der Waals surface area contributed by atoms with Crippen molar-refractivity contribution in [3.05, 3.63) is 71.0 Å². The summed E-state index contributed by atoms with van der Waals surface area (Å²) in [6.45, 7) is 3.84. The number of nitrogens with zero attached hydrogens (tertiary/aromatic N) is 1. The average Bonchev–Trinajstić information content (AvgIpc) is 3.02. The zero-order chi connectivity index (χ0) is 23.4. The number of ketones is 1. The highest BCUT2D eigenvalue weighted by Crippen LogP contribution is 2.27. The summed E-state index contributed by atoms with van der Waals surface area (Å²) in [4.78, 5) is 24.3. The molecule has 0 bridgehead atoms. The fraction of sp³-hybridized carbons (Fsp3) is 0.250. The van der Waals surface area contributed by atoms with Crippen molar-refractivity contribution < 1.29 is 27.8 Å². The molecule has 32 heavy (non-hydrogen) atoms. The first-order valence-electron chi connectivity index (χ1n) is 9.94. The van der Waals surface area contributed by atoms with Gasteiger partial charge in [0.1, 0.15) is 11.5 Å². The van der Waals surface area contributed by atoms with Gasteiger partial charge in [-0.3, -0.25) is 9.59 Å². The predicted octanol–water partition coefficient (Wildman–Crippen LogP) is 5.22. The van der Waals surface area contributed by atoms with Crippen LogP contribution in [0.5, 0.6) is 11.5 Å². The molecule has 8 heteroatoms. The van der Waals surface area contributed by atoms with Crippen LogP contribution in [0.15, 0.2) is 48.5 Å². The van der Waals surface area contributed by atoms with Crippen LogP contribution in [-0.2, 0) is 4.79 Å². The first kappa shape index (κ1) is 23.0. The Morgan fingerprint density at radius 3 is 2.34 bits per heavy atom. The van der Waals surface area contributed by atoms with Gasteiger partial charge in [-0.25, -0.2) is 0 Å². The summed E-state index contributed by atoms with van der Waals surface area (Å²) in [7, 11) is 0. The van der Waals surface area contributed by atoms with E-state index in [1.54, 1.807) is 37.3 Å². The molecule has 0 aliphatic carbocycles. The number of aromatic nitrogens is 1. The lowest BCUT2D eigenvalue weighted by molar-refractivity contribution is -0.114. The Balaban J connectivity index is 1.79. The van der Waals surface area contributed by atoms with E-state index in [2.05, 4.69) is 10.1 Å². The van der Waals surface area contributed by atoms with Gasteiger partial charge in [0.15, 0.2) is 6.61 Å². The molecular formula is C24H24F2N2O4. The first-order valence-corrected chi connectivity index (χ1v) is 9.94. The van der Waals surface area contributed by atoms with Gasteiger partial charge in [0.2, 0.25) is 11.7 Å². The predicted molar refractivity (Wildman–Crippen MR) is 117 cm³/mol. The molecule has 0 aliphatic heterocycles. The van der Waals surface area contributed by atoms with Crippen molar-refractivity contribution in [1.29, 1.82) is 0 Å². The van der Waals surface area contributed by atoms with Crippen molar-refractivity contribution in [2.24, 2.45) is 0 Å². The number of ether oxygens (including phenoxy) is 2. The third-order valence-corrected chi connectivity index (χ3v) is 4.86. The number of nitrogens with one attached hydrogen (secondary N) is 1. The van der Waals surface area contributed by atoms with Crippen LogP contribution in [-0.4, -0.2) is 29.5 Å². The van der Waals surface area contributed by atoms with Crippen LogP contribution in [0.25, 0.3) is 5.69 Å². The quantitative estimate of drug-likeness (QED) is 0.486. The highest BCUT2D eigenvalue weighted by molar-refractivity contribution is 5.99. The Bertz CT molecular complexity index is 1140. The summed E-state index contributed by atoms with van der Waals surface area (Å²) >= 11 is 0. The second-order valence-corrected chi connectivity index (χ2v) is 7.39. The van der Waals surface area contributed by atoms with E-state index in [9.17, 15) is 18.4 Å². The summed E-state index contributed by atoms with van der Waals surface area (Å²) in [6, 6.07) is 13.3. The van der Waals surface area contributed by atoms with E-state index in [0.717, 1.165) is 11.3 Å². The Labute approximate surface area is 184 Å². The van der Waals surface area contributed by atoms with Crippen molar-refractivity contribution >= 4 is 17.4 Å². The number of Topliss-reactive ketones (excluding diaryl/α,β-unsaturated/α-hetero) is 1. The minimum atomic E-state index is -2.89. The number of halogens is 2. The van der Waals surface area contributed by atoms with Gasteiger partial charge >= 0.3 is 6.61 Å². The summed E-state index contributed by atoms with van der Waals surface area (Å²) in [5.41, 5.74) is 4.14. The standard InChI is InChI=1S/C24H24F2N2O4/c1-14-5-10-21(27-17(4)29)23(11-14)31-13-22(30)20-12-15(2)28(16(20)3)18-6-8-19(9-7-18)32-24(25)26/h5-12,24H,13H2,1-4H3,(H,27,29). The highest BCUT2D eigenvalue weighted by atomic mass is 19.3. The molecule has 0 atom stereocenters. The minimum absolute atomic E-state index is 0.0593. The number of carbonyl (C=O) groups excluding carboxylic acids is 2. The highest BCUT2D eigenvalue weighted by Gasteiger charge is 2.18. The van der Waals surface area contributed by atoms with Crippen LogP contribution in [0.1, 0.15) is 34.2 Å². The molecule has 0 spiro atoms. The van der Waals surface area contributed by atoms with E-state index in [1.165, 1.54) is 19.1 Å². The lowest BCUT2D eigenvalue weighted by Gasteiger charge is -2.13. The first-order chi connectivity index (χ1) is 15.2. The summed E-state index contributed by atoms with van der Waals surface area (Å²) in [6.07, 6.45) is 0. The molecule has 0 unspecified atom stereocenters. The zero-order valence-electron chi connectivity index (χ0n) is 18.2. The number of hydrogen-bond acceptors (Lipinski definition) is 4. The third kappa shape index (κ3) is 5.32. The van der Waals surface area contributed by atoms with Crippen molar-refractivity contribution in [2.45, 2.75) is 34.3 Å². The van der Waals surface area contributed by atoms with Gasteiger partial charge in [-0.1, -0.05) is 6.07 Å². The number of anilines is 1. The van der Waals surface area contributed by atoms with Gasteiger partial charge in [-0.15, -0.1) is 0 Å². The summed E-state index contributed by atoms with van der Waals surface area (Å²) < 4.78 is 36.7. The molecule has 0 saturated heterocycles. The Hall–Kier alpha value is -3.68. The van der Waals surface area contributed by atoms with E-state index in [-0.39, 0.29) is 24.0 Å². The molecule has 168 valence electrons. The van der Waals surface area contributed by atoms with Crippen LogP contribution < -0.4 is 14.8 Å². The number of rotatable bonds is 8. The average molecular weight is 442 g/mol. The molecule has 1 amide bonds. The molecule has 3 aromatic rings. The maximum absolute atomic E-state index is 12.9. The molecule has 6 nitrogen and oxygen atoms in total. The van der Waals surface area contributed by atoms with E-state index >= 15 is 0 Å². The number of carbonyl (C=O) groups is 2. The lowest BCUT2D eigenvalue weighted by atomic mass is 10.1. The van der Waals surface area contributed by atoms with Crippen molar-refractivity contribution in [3.63, 3.8) is 0 Å². The smallest absolute Gasteiger partial charge is 0.387 e. The van der Waals surface area contributed by atoms with Crippen LogP contribution in [0.3, 0.4) is 0 Å². The van der Waals surface area contributed by atoms with Crippen molar-refractivity contribution in [3.8, 4) is 17.2 Å². The van der Waals surface area contributed by atoms with Crippen LogP contribution in [0.4, 0.5) is 14.5 Å². The molecule has 1 N–H and O–H groups in total. The van der Waals surface area contributed by atoms with E-state index in [0.29, 0.717) is 28.4 Å². The SMILES string of the molecule is CC(=O)Nc1ccc(C)cc1OCC(=O)c1cc(C)n(-c2ccc(OC(F)F)cc2)c1C. The normalized spacial score (nSPS) is 10.8. The lowest BCUT2D eigenvalue weighted by Crippen LogP contribution is -2.14. The van der Waals surface area contributed by atoms with E-state index < -0.39 is 6.61 Å². The molecule has 1 heterocycles. The monoisotopic (exact) mass is 442 g/mol. The minimum Gasteiger partial charge on any atom is -0.483 e. The van der Waals surface area contributed by atoms with Gasteiger partial charge in [0.25, 0.3) is 0 Å². The van der Waals surface area contributed by atoms with E-state index in [1.807, 2.05) is 24.5 Å². The van der Waals surface area contributed by atoms with Crippen molar-refractivity contribution in [1.82, 2.24) is 4.57 Å². The van der Waals surface area contributed by atoms with Crippen molar-refractivity contribution in [2.75, 3.05) is 11.9 Å². The third-order valence-electron chi connectivity index (χ3n) is 4.86. The van der Waals surface area contributed by atoms with Gasteiger partial charge in [0, 0.05) is 29.6 Å². The molecule has 1 aromatic heterocycles. The number of alkyl halides is 2. The molecule has 0 aliphatic rings. The van der Waals surface area contributed by atoms with Gasteiger partial charge in [-0.05, 0) is 68.8 Å². The molecule has 0 saturated carbocycles. The molecule has 0 radical (unpaired) electrons. The van der Waals surface area contributed by atoms with Gasteiger partial charge in [0.05, 0.1) is 5.69 Å². The Morgan fingerprint density at radius 2 is 1.72 bits per heavy atom. The number of aryl methyl sites for hydroxylation is 2. The molecule has 0 fully saturated rings. The number of amides is 1. The van der Waals surface area contributed by atoms with E-state index in [4.69, 9.17) is 4.74 Å². The molecule has 2 aromatic carbocycles. The molecule has 3 rings (SSSR count). The number of hydrogen-bond donors (Lipinski definition) is 1. The van der Waals surface area contributed by atoms with Gasteiger partial charge < -0.3 is 19.4 Å². The number of benzene rings is 2. The fourth-order valence-electron chi connectivity index (χ4n) is 3.48. The molecular weight excluding hydrogens is 418 g/mol. The second kappa shape index (κ2) is 9.64. The second-order valence-electron chi connectivity index (χ2n) is 7.39. The topological polar surface area (TPSA) is 69.6 Å². The van der Waals surface area contributed by atoms with Gasteiger partial charge in [-0.2, -0.15) is 8.78 Å². The van der Waals surface area contributed by atoms with Crippen LogP contribution >= 0.6 is 0 Å².